The normalized spacial score (nSPS) is 11.8. The third-order valence-corrected chi connectivity index (χ3v) is 5.89. The molecule has 0 spiro atoms. The maximum Gasteiger partial charge on any atom is 0.137 e. The van der Waals surface area contributed by atoms with Crippen LogP contribution in [0.4, 0.5) is 4.39 Å². The zero-order chi connectivity index (χ0) is 11.5. The number of alkyl halides is 2. The Morgan fingerprint density at radius 3 is 2.40 bits per heavy atom. The standard InChI is InChI=1S/C11H12Br3F/c1-11(6-12,7-13)5-8-3-2-4-9(15)10(8)14/h2-4H,5-7H2,1H3. The average molecular weight is 403 g/mol. The Balaban J connectivity index is 2.94. The van der Waals surface area contributed by atoms with Gasteiger partial charge in [-0.05, 0) is 39.4 Å². The van der Waals surface area contributed by atoms with E-state index >= 15 is 0 Å². The molecule has 0 saturated carbocycles. The van der Waals surface area contributed by atoms with Crippen LogP contribution in [-0.4, -0.2) is 10.7 Å². The molecule has 0 saturated heterocycles. The van der Waals surface area contributed by atoms with Crippen molar-refractivity contribution in [1.29, 1.82) is 0 Å². The highest BCUT2D eigenvalue weighted by Gasteiger charge is 2.23. The Hall–Kier alpha value is 0.590. The van der Waals surface area contributed by atoms with Gasteiger partial charge >= 0.3 is 0 Å². The van der Waals surface area contributed by atoms with Crippen molar-refractivity contribution in [3.05, 3.63) is 34.1 Å². The van der Waals surface area contributed by atoms with Crippen LogP contribution in [0.5, 0.6) is 0 Å². The lowest BCUT2D eigenvalue weighted by atomic mass is 9.88. The first kappa shape index (κ1) is 13.7. The molecule has 1 aromatic rings. The molecule has 84 valence electrons. The molecular weight excluding hydrogens is 391 g/mol. The van der Waals surface area contributed by atoms with Gasteiger partial charge in [-0.15, -0.1) is 0 Å². The maximum absolute atomic E-state index is 13.3. The second kappa shape index (κ2) is 5.78. The van der Waals surface area contributed by atoms with Crippen molar-refractivity contribution >= 4 is 47.8 Å². The van der Waals surface area contributed by atoms with E-state index < -0.39 is 0 Å². The summed E-state index contributed by atoms with van der Waals surface area (Å²) in [5.41, 5.74) is 1.12. The summed E-state index contributed by atoms with van der Waals surface area (Å²) in [4.78, 5) is 0. The fourth-order valence-electron chi connectivity index (χ4n) is 1.27. The van der Waals surface area contributed by atoms with Crippen molar-refractivity contribution in [2.24, 2.45) is 5.41 Å². The maximum atomic E-state index is 13.3. The number of benzene rings is 1. The summed E-state index contributed by atoms with van der Waals surface area (Å²) in [5.74, 6) is -0.195. The zero-order valence-electron chi connectivity index (χ0n) is 8.37. The smallest absolute Gasteiger partial charge is 0.137 e. The Kier molecular flexibility index (Phi) is 5.26. The number of hydrogen-bond acceptors (Lipinski definition) is 0. The van der Waals surface area contributed by atoms with E-state index in [0.29, 0.717) is 4.47 Å². The van der Waals surface area contributed by atoms with Crippen molar-refractivity contribution < 1.29 is 4.39 Å². The van der Waals surface area contributed by atoms with Gasteiger partial charge in [0.1, 0.15) is 5.82 Å². The highest BCUT2D eigenvalue weighted by atomic mass is 79.9. The minimum absolute atomic E-state index is 0.107. The summed E-state index contributed by atoms with van der Waals surface area (Å²) >= 11 is 10.3. The minimum atomic E-state index is -0.195. The van der Waals surface area contributed by atoms with Crippen molar-refractivity contribution in [1.82, 2.24) is 0 Å². The van der Waals surface area contributed by atoms with Crippen LogP contribution in [0.25, 0.3) is 0 Å². The van der Waals surface area contributed by atoms with E-state index in [1.807, 2.05) is 6.07 Å². The molecule has 1 aromatic carbocycles. The number of rotatable bonds is 4. The van der Waals surface area contributed by atoms with Gasteiger partial charge in [0.25, 0.3) is 0 Å². The van der Waals surface area contributed by atoms with Crippen LogP contribution < -0.4 is 0 Å². The predicted octanol–water partition coefficient (Wildman–Crippen LogP) is 4.93. The lowest BCUT2D eigenvalue weighted by molar-refractivity contribution is 0.436. The van der Waals surface area contributed by atoms with Crippen LogP contribution in [0.3, 0.4) is 0 Å². The van der Waals surface area contributed by atoms with Crippen molar-refractivity contribution in [3.63, 3.8) is 0 Å². The van der Waals surface area contributed by atoms with Crippen molar-refractivity contribution in [2.75, 3.05) is 10.7 Å². The van der Waals surface area contributed by atoms with Crippen LogP contribution >= 0.6 is 47.8 Å². The summed E-state index contributed by atoms with van der Waals surface area (Å²) in [6.45, 7) is 2.16. The molecule has 0 bridgehead atoms. The molecule has 0 atom stereocenters. The molecule has 15 heavy (non-hydrogen) atoms. The minimum Gasteiger partial charge on any atom is -0.206 e. The monoisotopic (exact) mass is 400 g/mol. The lowest BCUT2D eigenvalue weighted by Gasteiger charge is -2.25. The van der Waals surface area contributed by atoms with Gasteiger partial charge in [-0.25, -0.2) is 4.39 Å². The quantitative estimate of drug-likeness (QED) is 0.626. The predicted molar refractivity (Wildman–Crippen MR) is 73.5 cm³/mol. The van der Waals surface area contributed by atoms with Gasteiger partial charge in [-0.3, -0.25) is 0 Å². The van der Waals surface area contributed by atoms with E-state index in [9.17, 15) is 4.39 Å². The van der Waals surface area contributed by atoms with E-state index in [-0.39, 0.29) is 11.2 Å². The molecule has 0 heterocycles. The lowest BCUT2D eigenvalue weighted by Crippen LogP contribution is -2.23. The second-order valence-corrected chi connectivity index (χ2v) is 5.88. The molecule has 0 unspecified atom stereocenters. The van der Waals surface area contributed by atoms with Gasteiger partial charge in [-0.1, -0.05) is 50.9 Å². The van der Waals surface area contributed by atoms with Crippen LogP contribution in [0.15, 0.2) is 22.7 Å². The molecule has 0 nitrogen and oxygen atoms in total. The molecule has 0 radical (unpaired) electrons. The van der Waals surface area contributed by atoms with Crippen LogP contribution in [0, 0.1) is 11.2 Å². The van der Waals surface area contributed by atoms with Crippen LogP contribution in [0.2, 0.25) is 0 Å². The Morgan fingerprint density at radius 2 is 1.87 bits per heavy atom. The van der Waals surface area contributed by atoms with Crippen molar-refractivity contribution in [2.45, 2.75) is 13.3 Å². The molecule has 0 aromatic heterocycles. The zero-order valence-corrected chi connectivity index (χ0v) is 13.1. The molecule has 0 amide bonds. The topological polar surface area (TPSA) is 0 Å². The summed E-state index contributed by atoms with van der Waals surface area (Å²) in [6, 6.07) is 5.17. The first-order valence-electron chi connectivity index (χ1n) is 4.57. The molecule has 0 aliphatic heterocycles. The third kappa shape index (κ3) is 3.53. The van der Waals surface area contributed by atoms with Gasteiger partial charge in [0.15, 0.2) is 0 Å². The van der Waals surface area contributed by atoms with Crippen LogP contribution in [0.1, 0.15) is 12.5 Å². The van der Waals surface area contributed by atoms with Gasteiger partial charge in [-0.2, -0.15) is 0 Å². The van der Waals surface area contributed by atoms with E-state index in [1.165, 1.54) is 6.07 Å². The number of hydrogen-bond donors (Lipinski definition) is 0. The van der Waals surface area contributed by atoms with E-state index in [4.69, 9.17) is 0 Å². The summed E-state index contributed by atoms with van der Waals surface area (Å²) in [6.07, 6.45) is 0.835. The van der Waals surface area contributed by atoms with E-state index in [0.717, 1.165) is 22.6 Å². The van der Waals surface area contributed by atoms with Crippen LogP contribution in [-0.2, 0) is 6.42 Å². The summed E-state index contributed by atoms with van der Waals surface area (Å²) in [7, 11) is 0. The third-order valence-electron chi connectivity index (χ3n) is 2.29. The van der Waals surface area contributed by atoms with Gasteiger partial charge in [0.2, 0.25) is 0 Å². The SMILES string of the molecule is CC(CBr)(CBr)Cc1cccc(F)c1Br. The average Bonchev–Trinajstić information content (AvgIpc) is 2.25. The first-order valence-corrected chi connectivity index (χ1v) is 7.61. The first-order chi connectivity index (χ1) is 7.02. The van der Waals surface area contributed by atoms with E-state index in [2.05, 4.69) is 54.7 Å². The fraction of sp³-hybridized carbons (Fsp3) is 0.455. The van der Waals surface area contributed by atoms with Gasteiger partial charge in [0.05, 0.1) is 4.47 Å². The Morgan fingerprint density at radius 1 is 1.27 bits per heavy atom. The molecule has 0 aliphatic rings. The van der Waals surface area contributed by atoms with Crippen molar-refractivity contribution in [3.8, 4) is 0 Å². The molecule has 1 rings (SSSR count). The molecular formula is C11H12Br3F. The highest BCUT2D eigenvalue weighted by molar-refractivity contribution is 9.10. The van der Waals surface area contributed by atoms with Gasteiger partial charge < -0.3 is 0 Å². The molecule has 0 N–H and O–H groups in total. The largest absolute Gasteiger partial charge is 0.206 e. The Bertz CT molecular complexity index is 335. The molecule has 0 fully saturated rings. The second-order valence-electron chi connectivity index (χ2n) is 3.97. The number of halogens is 4. The fourth-order valence-corrected chi connectivity index (χ4v) is 3.00. The summed E-state index contributed by atoms with van der Waals surface area (Å²) < 4.78 is 13.9. The molecule has 0 aliphatic carbocycles. The van der Waals surface area contributed by atoms with E-state index in [1.54, 1.807) is 6.07 Å². The highest BCUT2D eigenvalue weighted by Crippen LogP contribution is 2.31. The molecule has 4 heteroatoms. The summed E-state index contributed by atoms with van der Waals surface area (Å²) in [5, 5.41) is 1.77. The van der Waals surface area contributed by atoms with Gasteiger partial charge in [0, 0.05) is 10.7 Å². The Labute approximate surface area is 115 Å².